The van der Waals surface area contributed by atoms with Crippen molar-refractivity contribution in [2.45, 2.75) is 32.7 Å². The standard InChI is InChI=1S/C8H15NO4/c1-6(7(10)13-4)5-8(2,3)9(11)12/h6H,5H2,1-4H3/t6-/m1/s1. The second kappa shape index (κ2) is 4.20. The number of hydrogen-bond donors (Lipinski definition) is 0. The van der Waals surface area contributed by atoms with Gasteiger partial charge in [0.15, 0.2) is 0 Å². The van der Waals surface area contributed by atoms with Gasteiger partial charge in [-0.1, -0.05) is 6.92 Å². The number of esters is 1. The van der Waals surface area contributed by atoms with Crippen molar-refractivity contribution in [3.05, 3.63) is 10.1 Å². The maximum Gasteiger partial charge on any atom is 0.308 e. The van der Waals surface area contributed by atoms with Gasteiger partial charge in [-0.25, -0.2) is 0 Å². The molecule has 0 radical (unpaired) electrons. The number of nitrogens with zero attached hydrogens (tertiary/aromatic N) is 1. The highest BCUT2D eigenvalue weighted by Crippen LogP contribution is 2.20. The Morgan fingerprint density at radius 1 is 1.62 bits per heavy atom. The van der Waals surface area contributed by atoms with Crippen LogP contribution in [0.1, 0.15) is 27.2 Å². The van der Waals surface area contributed by atoms with Crippen molar-refractivity contribution in [3.8, 4) is 0 Å². The van der Waals surface area contributed by atoms with Crippen molar-refractivity contribution in [3.63, 3.8) is 0 Å². The Kier molecular flexibility index (Phi) is 3.84. The first-order valence-corrected chi connectivity index (χ1v) is 4.03. The monoisotopic (exact) mass is 189 g/mol. The fourth-order valence-electron chi connectivity index (χ4n) is 1.11. The van der Waals surface area contributed by atoms with Gasteiger partial charge in [0.2, 0.25) is 5.54 Å². The van der Waals surface area contributed by atoms with Crippen LogP contribution in [-0.2, 0) is 9.53 Å². The molecule has 0 N–H and O–H groups in total. The van der Waals surface area contributed by atoms with E-state index in [-0.39, 0.29) is 11.3 Å². The Bertz CT molecular complexity index is 212. The van der Waals surface area contributed by atoms with Crippen LogP contribution in [0.25, 0.3) is 0 Å². The Labute approximate surface area is 77.2 Å². The smallest absolute Gasteiger partial charge is 0.308 e. The fraction of sp³-hybridized carbons (Fsp3) is 0.875. The summed E-state index contributed by atoms with van der Waals surface area (Å²) < 4.78 is 4.48. The third-order valence-electron chi connectivity index (χ3n) is 1.90. The Morgan fingerprint density at radius 2 is 2.08 bits per heavy atom. The number of hydrogen-bond acceptors (Lipinski definition) is 4. The van der Waals surface area contributed by atoms with E-state index in [9.17, 15) is 14.9 Å². The average Bonchev–Trinajstić information content (AvgIpc) is 2.01. The Balaban J connectivity index is 4.27. The van der Waals surface area contributed by atoms with Crippen molar-refractivity contribution in [1.29, 1.82) is 0 Å². The molecule has 0 amide bonds. The van der Waals surface area contributed by atoms with Crippen molar-refractivity contribution in [1.82, 2.24) is 0 Å². The van der Waals surface area contributed by atoms with Crippen LogP contribution in [0, 0.1) is 16.0 Å². The average molecular weight is 189 g/mol. The lowest BCUT2D eigenvalue weighted by molar-refractivity contribution is -0.562. The maximum atomic E-state index is 11.0. The second-order valence-electron chi connectivity index (χ2n) is 3.70. The second-order valence-corrected chi connectivity index (χ2v) is 3.70. The minimum absolute atomic E-state index is 0.187. The zero-order valence-corrected chi connectivity index (χ0v) is 8.36. The normalized spacial score (nSPS) is 13.5. The first kappa shape index (κ1) is 11.9. The van der Waals surface area contributed by atoms with Crippen molar-refractivity contribution < 1.29 is 14.5 Å². The molecule has 5 heteroatoms. The van der Waals surface area contributed by atoms with Crippen LogP contribution < -0.4 is 0 Å². The SMILES string of the molecule is COC(=O)[C@H](C)CC(C)(C)[N+](=O)[O-]. The summed E-state index contributed by atoms with van der Waals surface area (Å²) in [5.74, 6) is -0.847. The van der Waals surface area contributed by atoms with Gasteiger partial charge in [-0.3, -0.25) is 14.9 Å². The van der Waals surface area contributed by atoms with E-state index in [0.29, 0.717) is 0 Å². The third kappa shape index (κ3) is 3.40. The largest absolute Gasteiger partial charge is 0.469 e. The van der Waals surface area contributed by atoms with Crippen molar-refractivity contribution >= 4 is 5.97 Å². The molecule has 0 unspecified atom stereocenters. The summed E-state index contributed by atoms with van der Waals surface area (Å²) in [6, 6.07) is 0. The molecule has 0 aromatic carbocycles. The number of ether oxygens (including phenoxy) is 1. The van der Waals surface area contributed by atoms with Crippen molar-refractivity contribution in [2.24, 2.45) is 5.92 Å². The molecule has 0 rings (SSSR count). The molecule has 0 heterocycles. The molecule has 0 saturated carbocycles. The molecule has 0 aliphatic rings. The maximum absolute atomic E-state index is 11.0. The zero-order valence-electron chi connectivity index (χ0n) is 8.36. The van der Waals surface area contributed by atoms with E-state index in [1.54, 1.807) is 6.92 Å². The van der Waals surface area contributed by atoms with Crippen LogP contribution in [0.5, 0.6) is 0 Å². The summed E-state index contributed by atoms with van der Waals surface area (Å²) in [7, 11) is 1.28. The molecule has 0 aromatic heterocycles. The molecule has 5 nitrogen and oxygen atoms in total. The molecule has 0 bridgehead atoms. The summed E-state index contributed by atoms with van der Waals surface area (Å²) >= 11 is 0. The van der Waals surface area contributed by atoms with Crippen LogP contribution in [0.15, 0.2) is 0 Å². The minimum atomic E-state index is -1.08. The van der Waals surface area contributed by atoms with E-state index in [1.165, 1.54) is 21.0 Å². The topological polar surface area (TPSA) is 69.4 Å². The summed E-state index contributed by atoms with van der Waals surface area (Å²) in [4.78, 5) is 21.1. The van der Waals surface area contributed by atoms with Gasteiger partial charge in [0, 0.05) is 25.2 Å². The van der Waals surface area contributed by atoms with Crippen molar-refractivity contribution in [2.75, 3.05) is 7.11 Å². The minimum Gasteiger partial charge on any atom is -0.469 e. The molecule has 0 aromatic rings. The molecule has 0 saturated heterocycles. The molecule has 0 aliphatic carbocycles. The summed E-state index contributed by atoms with van der Waals surface area (Å²) in [5.41, 5.74) is -1.08. The van der Waals surface area contributed by atoms with Crippen LogP contribution in [0.3, 0.4) is 0 Å². The van der Waals surface area contributed by atoms with Gasteiger partial charge >= 0.3 is 5.97 Å². The first-order valence-electron chi connectivity index (χ1n) is 4.03. The quantitative estimate of drug-likeness (QED) is 0.379. The van der Waals surface area contributed by atoms with Gasteiger partial charge in [-0.15, -0.1) is 0 Å². The van der Waals surface area contributed by atoms with Gasteiger partial charge in [-0.05, 0) is 0 Å². The van der Waals surface area contributed by atoms with E-state index in [1.807, 2.05) is 0 Å². The number of nitro groups is 1. The van der Waals surface area contributed by atoms with Crippen LogP contribution in [0.2, 0.25) is 0 Å². The highest BCUT2D eigenvalue weighted by Gasteiger charge is 2.35. The number of carbonyl (C=O) groups is 1. The van der Waals surface area contributed by atoms with E-state index >= 15 is 0 Å². The number of methoxy groups -OCH3 is 1. The van der Waals surface area contributed by atoms with E-state index < -0.39 is 17.4 Å². The number of rotatable bonds is 4. The lowest BCUT2D eigenvalue weighted by atomic mass is 9.92. The third-order valence-corrected chi connectivity index (χ3v) is 1.90. The molecule has 76 valence electrons. The van der Waals surface area contributed by atoms with Gasteiger partial charge in [-0.2, -0.15) is 0 Å². The highest BCUT2D eigenvalue weighted by molar-refractivity contribution is 5.71. The summed E-state index contributed by atoms with van der Waals surface area (Å²) in [6.07, 6.45) is 0.187. The molecular weight excluding hydrogens is 174 g/mol. The molecule has 13 heavy (non-hydrogen) atoms. The summed E-state index contributed by atoms with van der Waals surface area (Å²) in [5, 5.41) is 10.5. The predicted octanol–water partition coefficient (Wildman–Crippen LogP) is 1.24. The molecule has 0 fully saturated rings. The molecule has 0 aliphatic heterocycles. The Morgan fingerprint density at radius 3 is 2.38 bits per heavy atom. The van der Waals surface area contributed by atoms with Gasteiger partial charge < -0.3 is 4.74 Å². The van der Waals surface area contributed by atoms with Crippen LogP contribution in [0.4, 0.5) is 0 Å². The van der Waals surface area contributed by atoms with Gasteiger partial charge in [0.05, 0.1) is 13.0 Å². The van der Waals surface area contributed by atoms with Gasteiger partial charge in [0.25, 0.3) is 0 Å². The van der Waals surface area contributed by atoms with Crippen LogP contribution in [-0.4, -0.2) is 23.5 Å². The van der Waals surface area contributed by atoms with Gasteiger partial charge in [0.1, 0.15) is 0 Å². The zero-order chi connectivity index (χ0) is 10.6. The predicted molar refractivity (Wildman–Crippen MR) is 46.9 cm³/mol. The lowest BCUT2D eigenvalue weighted by Gasteiger charge is -2.18. The molecule has 0 spiro atoms. The summed E-state index contributed by atoms with van der Waals surface area (Å²) in [6.45, 7) is 4.61. The van der Waals surface area contributed by atoms with E-state index in [2.05, 4.69) is 4.74 Å². The molecular formula is C8H15NO4. The van der Waals surface area contributed by atoms with E-state index in [4.69, 9.17) is 0 Å². The highest BCUT2D eigenvalue weighted by atomic mass is 16.6. The number of carbonyl (C=O) groups excluding carboxylic acids is 1. The molecule has 1 atom stereocenters. The fourth-order valence-corrected chi connectivity index (χ4v) is 1.11. The Hall–Kier alpha value is -1.13. The van der Waals surface area contributed by atoms with Crippen LogP contribution >= 0.6 is 0 Å². The van der Waals surface area contributed by atoms with E-state index in [0.717, 1.165) is 0 Å². The lowest BCUT2D eigenvalue weighted by Crippen LogP contribution is -2.35. The first-order chi connectivity index (χ1) is 5.81.